The van der Waals surface area contributed by atoms with Crippen LogP contribution in [-0.4, -0.2) is 38.8 Å². The van der Waals surface area contributed by atoms with Crippen molar-refractivity contribution in [1.29, 1.82) is 0 Å². The molecule has 1 saturated heterocycles. The lowest BCUT2D eigenvalue weighted by atomic mass is 10.1. The Balaban J connectivity index is 1.74. The van der Waals surface area contributed by atoms with E-state index < -0.39 is 10.0 Å². The number of sulfonamides is 1. The first-order valence-electron chi connectivity index (χ1n) is 9.23. The number of nitrogens with one attached hydrogen (secondary N) is 1. The van der Waals surface area contributed by atoms with Crippen LogP contribution in [0.3, 0.4) is 0 Å². The number of benzene rings is 2. The number of ether oxygens (including phenoxy) is 1. The molecule has 1 N–H and O–H groups in total. The maximum atomic E-state index is 12.8. The Kier molecular flexibility index (Phi) is 7.05. The molecule has 1 fully saturated rings. The van der Waals surface area contributed by atoms with Crippen molar-refractivity contribution < 1.29 is 17.9 Å². The lowest BCUT2D eigenvalue weighted by molar-refractivity contribution is -0.116. The SMILES string of the molecule is COc1ccc(S(=O)(=O)N2CCCC2)cc1CCC(=O)Nc1cc(Cl)ccc1Cl. The molecule has 0 bridgehead atoms. The molecule has 0 spiro atoms. The van der Waals surface area contributed by atoms with E-state index in [2.05, 4.69) is 5.32 Å². The van der Waals surface area contributed by atoms with Gasteiger partial charge in [0, 0.05) is 24.5 Å². The fourth-order valence-corrected chi connectivity index (χ4v) is 5.15. The molecule has 9 heteroatoms. The molecule has 3 rings (SSSR count). The van der Waals surface area contributed by atoms with E-state index in [1.807, 2.05) is 0 Å². The van der Waals surface area contributed by atoms with Crippen LogP contribution in [0.15, 0.2) is 41.3 Å². The van der Waals surface area contributed by atoms with Crippen LogP contribution in [-0.2, 0) is 21.2 Å². The van der Waals surface area contributed by atoms with Crippen molar-refractivity contribution in [2.75, 3.05) is 25.5 Å². The van der Waals surface area contributed by atoms with Crippen LogP contribution < -0.4 is 10.1 Å². The molecule has 6 nitrogen and oxygen atoms in total. The third-order valence-corrected chi connectivity index (χ3v) is 7.24. The molecule has 0 atom stereocenters. The molecule has 0 unspecified atom stereocenters. The molecule has 0 radical (unpaired) electrons. The Morgan fingerprint density at radius 2 is 1.86 bits per heavy atom. The molecular weight excluding hydrogens is 435 g/mol. The van der Waals surface area contributed by atoms with Crippen molar-refractivity contribution in [3.63, 3.8) is 0 Å². The minimum atomic E-state index is -3.54. The van der Waals surface area contributed by atoms with Gasteiger partial charge in [0.1, 0.15) is 5.75 Å². The Morgan fingerprint density at radius 3 is 2.55 bits per heavy atom. The van der Waals surface area contributed by atoms with Crippen LogP contribution >= 0.6 is 23.2 Å². The first-order chi connectivity index (χ1) is 13.8. The van der Waals surface area contributed by atoms with Crippen LogP contribution in [0.4, 0.5) is 5.69 Å². The van der Waals surface area contributed by atoms with Gasteiger partial charge in [-0.2, -0.15) is 4.31 Å². The van der Waals surface area contributed by atoms with Gasteiger partial charge in [0.15, 0.2) is 0 Å². The number of amides is 1. The van der Waals surface area contributed by atoms with Gasteiger partial charge >= 0.3 is 0 Å². The highest BCUT2D eigenvalue weighted by atomic mass is 35.5. The second-order valence-electron chi connectivity index (χ2n) is 6.76. The van der Waals surface area contributed by atoms with Crippen molar-refractivity contribution in [3.8, 4) is 5.75 Å². The maximum Gasteiger partial charge on any atom is 0.243 e. The van der Waals surface area contributed by atoms with E-state index in [1.54, 1.807) is 36.4 Å². The zero-order valence-electron chi connectivity index (χ0n) is 16.0. The summed E-state index contributed by atoms with van der Waals surface area (Å²) in [4.78, 5) is 12.6. The first-order valence-corrected chi connectivity index (χ1v) is 11.4. The topological polar surface area (TPSA) is 75.7 Å². The van der Waals surface area contributed by atoms with Gasteiger partial charge in [0.2, 0.25) is 15.9 Å². The van der Waals surface area contributed by atoms with Crippen molar-refractivity contribution >= 4 is 44.8 Å². The fourth-order valence-electron chi connectivity index (χ4n) is 3.24. The van der Waals surface area contributed by atoms with Crippen LogP contribution in [0, 0.1) is 0 Å². The van der Waals surface area contributed by atoms with E-state index in [0.29, 0.717) is 46.6 Å². The Hall–Kier alpha value is -1.80. The van der Waals surface area contributed by atoms with Gasteiger partial charge in [-0.05, 0) is 61.2 Å². The molecule has 2 aromatic rings. The van der Waals surface area contributed by atoms with Crippen molar-refractivity contribution in [1.82, 2.24) is 4.31 Å². The van der Waals surface area contributed by atoms with E-state index in [9.17, 15) is 13.2 Å². The normalized spacial score (nSPS) is 14.7. The van der Waals surface area contributed by atoms with E-state index in [4.69, 9.17) is 27.9 Å². The summed E-state index contributed by atoms with van der Waals surface area (Å²) in [6.07, 6.45) is 2.19. The number of hydrogen-bond donors (Lipinski definition) is 1. The highest BCUT2D eigenvalue weighted by Gasteiger charge is 2.27. The van der Waals surface area contributed by atoms with Gasteiger partial charge in [0.05, 0.1) is 22.7 Å². The Bertz CT molecular complexity index is 1010. The minimum Gasteiger partial charge on any atom is -0.496 e. The standard InChI is InChI=1S/C20H22Cl2N2O4S/c1-28-19-8-6-16(29(26,27)24-10-2-3-11-24)12-14(19)4-9-20(25)23-18-13-15(21)5-7-17(18)22/h5-8,12-13H,2-4,9-11H2,1H3,(H,23,25). The number of nitrogens with zero attached hydrogens (tertiary/aromatic N) is 1. The number of anilines is 1. The lowest BCUT2D eigenvalue weighted by Crippen LogP contribution is -2.28. The van der Waals surface area contributed by atoms with Gasteiger partial charge in [-0.15, -0.1) is 0 Å². The molecule has 1 aliphatic heterocycles. The van der Waals surface area contributed by atoms with E-state index in [1.165, 1.54) is 11.4 Å². The Labute approximate surface area is 180 Å². The molecule has 1 heterocycles. The number of carbonyl (C=O) groups is 1. The van der Waals surface area contributed by atoms with Gasteiger partial charge in [0.25, 0.3) is 0 Å². The van der Waals surface area contributed by atoms with Crippen LogP contribution in [0.1, 0.15) is 24.8 Å². The smallest absolute Gasteiger partial charge is 0.243 e. The van der Waals surface area contributed by atoms with Crippen molar-refractivity contribution in [2.45, 2.75) is 30.6 Å². The fraction of sp³-hybridized carbons (Fsp3) is 0.350. The molecule has 29 heavy (non-hydrogen) atoms. The number of hydrogen-bond acceptors (Lipinski definition) is 4. The predicted molar refractivity (Wildman–Crippen MR) is 114 cm³/mol. The molecular formula is C20H22Cl2N2O4S. The number of halogens is 2. The van der Waals surface area contributed by atoms with E-state index in [0.717, 1.165) is 12.8 Å². The molecule has 0 saturated carbocycles. The highest BCUT2D eigenvalue weighted by Crippen LogP contribution is 2.28. The molecule has 1 aliphatic rings. The third-order valence-electron chi connectivity index (χ3n) is 4.78. The van der Waals surface area contributed by atoms with Crippen LogP contribution in [0.25, 0.3) is 0 Å². The minimum absolute atomic E-state index is 0.131. The van der Waals surface area contributed by atoms with Crippen LogP contribution in [0.2, 0.25) is 10.0 Å². The summed E-state index contributed by atoms with van der Waals surface area (Å²) < 4.78 is 32.5. The van der Waals surface area contributed by atoms with Crippen LogP contribution in [0.5, 0.6) is 5.75 Å². The summed E-state index contributed by atoms with van der Waals surface area (Å²) in [5.74, 6) is 0.281. The summed E-state index contributed by atoms with van der Waals surface area (Å²) >= 11 is 12.0. The van der Waals surface area contributed by atoms with Gasteiger partial charge in [-0.25, -0.2) is 8.42 Å². The summed E-state index contributed by atoms with van der Waals surface area (Å²) in [5, 5.41) is 3.58. The largest absolute Gasteiger partial charge is 0.496 e. The van der Waals surface area contributed by atoms with Gasteiger partial charge in [-0.3, -0.25) is 4.79 Å². The molecule has 0 aliphatic carbocycles. The molecule has 2 aromatic carbocycles. The Morgan fingerprint density at radius 1 is 1.14 bits per heavy atom. The maximum absolute atomic E-state index is 12.8. The average Bonchev–Trinajstić information content (AvgIpc) is 3.24. The second kappa shape index (κ2) is 9.34. The van der Waals surface area contributed by atoms with Gasteiger partial charge in [-0.1, -0.05) is 23.2 Å². The van der Waals surface area contributed by atoms with E-state index in [-0.39, 0.29) is 17.2 Å². The average molecular weight is 457 g/mol. The number of rotatable bonds is 7. The highest BCUT2D eigenvalue weighted by molar-refractivity contribution is 7.89. The van der Waals surface area contributed by atoms with Gasteiger partial charge < -0.3 is 10.1 Å². The number of aryl methyl sites for hydroxylation is 1. The molecule has 0 aromatic heterocycles. The summed E-state index contributed by atoms with van der Waals surface area (Å²) in [5.41, 5.74) is 1.08. The zero-order chi connectivity index (χ0) is 21.0. The summed E-state index contributed by atoms with van der Waals surface area (Å²) in [6.45, 7) is 1.07. The third kappa shape index (κ3) is 5.22. The number of carbonyl (C=O) groups excluding carboxylic acids is 1. The van der Waals surface area contributed by atoms with E-state index >= 15 is 0 Å². The van der Waals surface area contributed by atoms with Crippen molar-refractivity contribution in [3.05, 3.63) is 52.0 Å². The quantitative estimate of drug-likeness (QED) is 0.671. The summed E-state index contributed by atoms with van der Waals surface area (Å²) in [7, 11) is -2.03. The van der Waals surface area contributed by atoms with Crippen molar-refractivity contribution in [2.24, 2.45) is 0 Å². The molecule has 156 valence electrons. The first kappa shape index (κ1) is 21.9. The predicted octanol–water partition coefficient (Wildman–Crippen LogP) is 4.36. The number of methoxy groups -OCH3 is 1. The zero-order valence-corrected chi connectivity index (χ0v) is 18.3. The monoisotopic (exact) mass is 456 g/mol. The summed E-state index contributed by atoms with van der Waals surface area (Å²) in [6, 6.07) is 9.58. The second-order valence-corrected chi connectivity index (χ2v) is 9.54. The molecule has 1 amide bonds. The lowest BCUT2D eigenvalue weighted by Gasteiger charge is -2.17.